The molecule has 0 aliphatic carbocycles. The van der Waals surface area contributed by atoms with Crippen LogP contribution in [0.25, 0.3) is 0 Å². The van der Waals surface area contributed by atoms with Gasteiger partial charge in [0, 0.05) is 18.9 Å². The van der Waals surface area contributed by atoms with Crippen molar-refractivity contribution >= 4 is 11.9 Å². The quantitative estimate of drug-likeness (QED) is 0.259. The lowest BCUT2D eigenvalue weighted by atomic mass is 10.0. The molecule has 1 aliphatic rings. The van der Waals surface area contributed by atoms with E-state index in [2.05, 4.69) is 15.0 Å². The number of alkyl halides is 3. The maximum atomic E-state index is 12.9. The molecule has 0 spiro atoms. The van der Waals surface area contributed by atoms with Gasteiger partial charge in [-0.15, -0.1) is 10.2 Å². The maximum absolute atomic E-state index is 12.9. The van der Waals surface area contributed by atoms with Gasteiger partial charge in [-0.05, 0) is 25.0 Å². The summed E-state index contributed by atoms with van der Waals surface area (Å²) in [6.07, 6.45) is 2.29. The van der Waals surface area contributed by atoms with Crippen molar-refractivity contribution < 1.29 is 32.2 Å². The second-order valence-corrected chi connectivity index (χ2v) is 6.93. The van der Waals surface area contributed by atoms with Crippen molar-refractivity contribution in [3.05, 3.63) is 29.8 Å². The van der Waals surface area contributed by atoms with Gasteiger partial charge in [-0.3, -0.25) is 9.59 Å². The molecule has 1 aromatic rings. The normalized spacial score (nSPS) is 14.5. The van der Waals surface area contributed by atoms with E-state index in [0.717, 1.165) is 38.5 Å². The van der Waals surface area contributed by atoms with Crippen molar-refractivity contribution in [2.24, 2.45) is 10.2 Å². The zero-order chi connectivity index (χ0) is 21.3. The standard InChI is InChI=1S/C20H25F3N2O4/c1-15(26)29-18(27)9-7-5-3-2-4-6-8-14-28-17-12-10-16(11-13-17)19(24-25-19)20(21,22)23/h10-13H,2-9,14H2,1H3. The molecule has 9 heteroatoms. The number of benzene rings is 1. The van der Waals surface area contributed by atoms with Gasteiger partial charge in [0.25, 0.3) is 0 Å². The van der Waals surface area contributed by atoms with Crippen molar-refractivity contribution in [1.29, 1.82) is 0 Å². The maximum Gasteiger partial charge on any atom is 0.442 e. The van der Waals surface area contributed by atoms with Crippen molar-refractivity contribution in [2.45, 2.75) is 70.1 Å². The Kier molecular flexibility index (Phi) is 8.16. The average Bonchev–Trinajstić information content (AvgIpc) is 3.45. The van der Waals surface area contributed by atoms with Crippen LogP contribution in [0.2, 0.25) is 0 Å². The lowest BCUT2D eigenvalue weighted by Crippen LogP contribution is -2.29. The summed E-state index contributed by atoms with van der Waals surface area (Å²) in [5.41, 5.74) is -2.40. The smallest absolute Gasteiger partial charge is 0.442 e. The second-order valence-electron chi connectivity index (χ2n) is 6.93. The van der Waals surface area contributed by atoms with Gasteiger partial charge >= 0.3 is 23.8 Å². The summed E-state index contributed by atoms with van der Waals surface area (Å²) in [6, 6.07) is 5.69. The Morgan fingerprint density at radius 2 is 1.48 bits per heavy atom. The molecule has 0 saturated heterocycles. The lowest BCUT2D eigenvalue weighted by molar-refractivity contribution is -0.166. The molecule has 0 atom stereocenters. The van der Waals surface area contributed by atoms with E-state index in [1.165, 1.54) is 31.2 Å². The SMILES string of the molecule is CC(=O)OC(=O)CCCCCCCCCOc1ccc(C2(C(F)(F)F)N=N2)cc1. The van der Waals surface area contributed by atoms with Gasteiger partial charge < -0.3 is 9.47 Å². The van der Waals surface area contributed by atoms with E-state index in [0.29, 0.717) is 18.8 Å². The van der Waals surface area contributed by atoms with Crippen molar-refractivity contribution in [3.8, 4) is 5.75 Å². The van der Waals surface area contributed by atoms with E-state index in [9.17, 15) is 22.8 Å². The Morgan fingerprint density at radius 1 is 0.931 bits per heavy atom. The van der Waals surface area contributed by atoms with Crippen LogP contribution in [0.4, 0.5) is 13.2 Å². The second kappa shape index (κ2) is 10.4. The Morgan fingerprint density at radius 3 is 2.00 bits per heavy atom. The molecule has 1 heterocycles. The zero-order valence-corrected chi connectivity index (χ0v) is 16.3. The minimum absolute atomic E-state index is 0.00749. The van der Waals surface area contributed by atoms with Crippen LogP contribution in [-0.4, -0.2) is 24.7 Å². The number of carbonyl (C=O) groups is 2. The molecule has 0 aromatic heterocycles. The van der Waals surface area contributed by atoms with Crippen molar-refractivity contribution in [1.82, 2.24) is 0 Å². The molecular formula is C20H25F3N2O4. The van der Waals surface area contributed by atoms with Crippen molar-refractivity contribution in [3.63, 3.8) is 0 Å². The molecule has 0 amide bonds. The fourth-order valence-electron chi connectivity index (χ4n) is 2.88. The highest BCUT2D eigenvalue weighted by Gasteiger charge is 2.65. The summed E-state index contributed by atoms with van der Waals surface area (Å²) >= 11 is 0. The number of ether oxygens (including phenoxy) is 2. The van der Waals surface area contributed by atoms with Crippen LogP contribution in [0.3, 0.4) is 0 Å². The number of unbranched alkanes of at least 4 members (excludes halogenated alkanes) is 6. The number of hydrogen-bond acceptors (Lipinski definition) is 6. The third-order valence-corrected chi connectivity index (χ3v) is 4.50. The highest BCUT2D eigenvalue weighted by molar-refractivity contribution is 5.83. The predicted molar refractivity (Wildman–Crippen MR) is 98.2 cm³/mol. The lowest BCUT2D eigenvalue weighted by Gasteiger charge is -2.15. The average molecular weight is 414 g/mol. The first kappa shape index (κ1) is 22.8. The summed E-state index contributed by atoms with van der Waals surface area (Å²) in [5, 5.41) is 6.34. The zero-order valence-electron chi connectivity index (χ0n) is 16.3. The van der Waals surface area contributed by atoms with E-state index < -0.39 is 23.8 Å². The van der Waals surface area contributed by atoms with Crippen LogP contribution in [0.1, 0.15) is 63.9 Å². The number of halogens is 3. The van der Waals surface area contributed by atoms with E-state index in [4.69, 9.17) is 4.74 Å². The van der Waals surface area contributed by atoms with E-state index >= 15 is 0 Å². The first-order valence-electron chi connectivity index (χ1n) is 9.70. The molecule has 0 N–H and O–H groups in total. The van der Waals surface area contributed by atoms with Crippen molar-refractivity contribution in [2.75, 3.05) is 6.61 Å². The Labute approximate surface area is 167 Å². The molecule has 0 unspecified atom stereocenters. The van der Waals surface area contributed by atoms with E-state index in [-0.39, 0.29) is 12.0 Å². The number of rotatable bonds is 12. The summed E-state index contributed by atoms with van der Waals surface area (Å²) in [4.78, 5) is 21.8. The van der Waals surface area contributed by atoms with Crippen LogP contribution < -0.4 is 4.74 Å². The van der Waals surface area contributed by atoms with Gasteiger partial charge in [0.05, 0.1) is 6.61 Å². The minimum Gasteiger partial charge on any atom is -0.494 e. The van der Waals surface area contributed by atoms with E-state index in [1.807, 2.05) is 0 Å². The van der Waals surface area contributed by atoms with Gasteiger partial charge in [-0.25, -0.2) is 0 Å². The largest absolute Gasteiger partial charge is 0.494 e. The minimum atomic E-state index is -4.52. The van der Waals surface area contributed by atoms with Crippen LogP contribution in [0.15, 0.2) is 34.5 Å². The summed E-state index contributed by atoms with van der Waals surface area (Å²) in [6.45, 7) is 1.70. The highest BCUT2D eigenvalue weighted by atomic mass is 19.4. The molecule has 2 rings (SSSR count). The molecule has 0 saturated carbocycles. The van der Waals surface area contributed by atoms with E-state index in [1.54, 1.807) is 0 Å². The first-order chi connectivity index (χ1) is 13.7. The number of hydrogen-bond donors (Lipinski definition) is 0. The summed E-state index contributed by atoms with van der Waals surface area (Å²) in [5.74, 6) is -0.534. The topological polar surface area (TPSA) is 77.3 Å². The Balaban J connectivity index is 1.50. The first-order valence-corrected chi connectivity index (χ1v) is 9.70. The third kappa shape index (κ3) is 7.14. The molecule has 1 aliphatic heterocycles. The van der Waals surface area contributed by atoms with Crippen LogP contribution in [-0.2, 0) is 20.0 Å². The van der Waals surface area contributed by atoms with Gasteiger partial charge in [0.1, 0.15) is 5.75 Å². The molecule has 160 valence electrons. The fourth-order valence-corrected chi connectivity index (χ4v) is 2.88. The third-order valence-electron chi connectivity index (χ3n) is 4.50. The number of esters is 2. The molecule has 0 radical (unpaired) electrons. The van der Waals surface area contributed by atoms with Crippen LogP contribution >= 0.6 is 0 Å². The van der Waals surface area contributed by atoms with Gasteiger partial charge in [-0.1, -0.05) is 44.2 Å². The van der Waals surface area contributed by atoms with Gasteiger partial charge in [0.2, 0.25) is 0 Å². The monoisotopic (exact) mass is 414 g/mol. The fraction of sp³-hybridized carbons (Fsp3) is 0.600. The molecular weight excluding hydrogens is 389 g/mol. The Bertz CT molecular complexity index is 711. The number of nitrogens with zero attached hydrogens (tertiary/aromatic N) is 2. The molecule has 29 heavy (non-hydrogen) atoms. The molecule has 6 nitrogen and oxygen atoms in total. The Hall–Kier alpha value is -2.45. The van der Waals surface area contributed by atoms with Gasteiger partial charge in [-0.2, -0.15) is 13.2 Å². The van der Waals surface area contributed by atoms with Crippen LogP contribution in [0, 0.1) is 0 Å². The van der Waals surface area contributed by atoms with Gasteiger partial charge in [0.15, 0.2) is 0 Å². The van der Waals surface area contributed by atoms with Crippen LogP contribution in [0.5, 0.6) is 5.75 Å². The summed E-state index contributed by atoms with van der Waals surface area (Å²) < 4.78 is 48.8. The predicted octanol–water partition coefficient (Wildman–Crippen LogP) is 5.46. The molecule has 0 fully saturated rings. The number of carbonyl (C=O) groups excluding carboxylic acids is 2. The molecule has 0 bridgehead atoms. The molecule has 1 aromatic carbocycles. The highest BCUT2D eigenvalue weighted by Crippen LogP contribution is 2.52. The summed E-state index contributed by atoms with van der Waals surface area (Å²) in [7, 11) is 0.